The largest absolute Gasteiger partial charge is 0.462 e. The molecule has 0 radical (unpaired) electrons. The van der Waals surface area contributed by atoms with Crippen molar-refractivity contribution in [2.75, 3.05) is 6.61 Å². The Morgan fingerprint density at radius 3 is 2.78 bits per heavy atom. The fourth-order valence-electron chi connectivity index (χ4n) is 2.36. The normalized spacial score (nSPS) is 10.4. The number of aromatic nitrogens is 4. The van der Waals surface area contributed by atoms with Crippen LogP contribution in [0, 0.1) is 11.3 Å². The topological polar surface area (TPSA) is 113 Å². The van der Waals surface area contributed by atoms with Gasteiger partial charge >= 0.3 is 5.97 Å². The van der Waals surface area contributed by atoms with Crippen LogP contribution in [-0.4, -0.2) is 32.6 Å². The Morgan fingerprint density at radius 2 is 2.13 bits per heavy atom. The lowest BCUT2D eigenvalue weighted by Gasteiger charge is -2.10. The smallest absolute Gasteiger partial charge is 0.344 e. The molecule has 0 aliphatic rings. The summed E-state index contributed by atoms with van der Waals surface area (Å²) in [4.78, 5) is 24.9. The maximum absolute atomic E-state index is 12.6. The summed E-state index contributed by atoms with van der Waals surface area (Å²) in [7, 11) is 0. The Balaban J connectivity index is 2.48. The quantitative estimate of drug-likeness (QED) is 0.726. The van der Waals surface area contributed by atoms with Crippen molar-refractivity contribution in [3.8, 4) is 17.2 Å². The predicted molar refractivity (Wildman–Crippen MR) is 79.7 cm³/mol. The molecule has 0 aliphatic carbocycles. The molecule has 23 heavy (non-hydrogen) atoms. The van der Waals surface area contributed by atoms with E-state index in [0.717, 1.165) is 4.52 Å². The summed E-state index contributed by atoms with van der Waals surface area (Å²) in [6.45, 7) is 1.75. The number of rotatable bonds is 3. The number of hydrogen-bond donors (Lipinski definition) is 1. The molecule has 0 atom stereocenters. The maximum atomic E-state index is 12.6. The van der Waals surface area contributed by atoms with Crippen molar-refractivity contribution in [1.82, 2.24) is 20.0 Å². The van der Waals surface area contributed by atoms with E-state index in [-0.39, 0.29) is 28.9 Å². The van der Waals surface area contributed by atoms with Crippen molar-refractivity contribution in [3.63, 3.8) is 0 Å². The summed E-state index contributed by atoms with van der Waals surface area (Å²) in [5.74, 6) is -0.795. The van der Waals surface area contributed by atoms with Crippen LogP contribution >= 0.6 is 0 Å². The molecule has 0 aliphatic heterocycles. The molecule has 1 aromatic carbocycles. The number of pyridine rings is 1. The van der Waals surface area contributed by atoms with E-state index in [1.165, 1.54) is 0 Å². The standard InChI is InChI=1S/C15H11N5O3/c1-2-23-15(22)12-11(9-6-4-3-5-7-9)10(8-16)13-17-18-19-20(13)14(12)21/h3-7H,2H2,1H3,(H,17,19). The minimum absolute atomic E-state index is 0.0596. The second-order valence-electron chi connectivity index (χ2n) is 4.59. The number of nitrogens with one attached hydrogen (secondary N) is 1. The third-order valence-electron chi connectivity index (χ3n) is 3.30. The Hall–Kier alpha value is -3.47. The molecule has 0 unspecified atom stereocenters. The number of nitrogens with zero attached hydrogens (tertiary/aromatic N) is 4. The molecule has 0 amide bonds. The molecule has 0 saturated carbocycles. The van der Waals surface area contributed by atoms with Crippen LogP contribution in [0.15, 0.2) is 35.1 Å². The Morgan fingerprint density at radius 1 is 1.39 bits per heavy atom. The highest BCUT2D eigenvalue weighted by molar-refractivity contribution is 6.00. The molecular formula is C15H11N5O3. The summed E-state index contributed by atoms with van der Waals surface area (Å²) in [6, 6.07) is 10.7. The van der Waals surface area contributed by atoms with E-state index in [1.54, 1.807) is 37.3 Å². The van der Waals surface area contributed by atoms with Crippen LogP contribution in [0.4, 0.5) is 0 Å². The van der Waals surface area contributed by atoms with E-state index in [2.05, 4.69) is 15.5 Å². The number of aromatic amines is 1. The average molecular weight is 309 g/mol. The minimum atomic E-state index is -0.795. The number of fused-ring (bicyclic) bond motifs is 1. The first-order chi connectivity index (χ1) is 11.2. The third-order valence-corrected chi connectivity index (χ3v) is 3.30. The monoisotopic (exact) mass is 309 g/mol. The first kappa shape index (κ1) is 14.5. The van der Waals surface area contributed by atoms with Crippen LogP contribution in [0.25, 0.3) is 16.8 Å². The van der Waals surface area contributed by atoms with Crippen molar-refractivity contribution in [2.24, 2.45) is 0 Å². The van der Waals surface area contributed by atoms with Gasteiger partial charge in [0.1, 0.15) is 17.2 Å². The van der Waals surface area contributed by atoms with Crippen molar-refractivity contribution in [3.05, 3.63) is 51.8 Å². The van der Waals surface area contributed by atoms with Gasteiger partial charge in [0.05, 0.1) is 6.61 Å². The molecule has 3 rings (SSSR count). The summed E-state index contributed by atoms with van der Waals surface area (Å²) in [6.07, 6.45) is 0. The molecule has 114 valence electrons. The first-order valence-corrected chi connectivity index (χ1v) is 6.81. The summed E-state index contributed by atoms with van der Waals surface area (Å²) in [5, 5.41) is 19.2. The number of esters is 1. The van der Waals surface area contributed by atoms with Crippen molar-refractivity contribution >= 4 is 11.6 Å². The number of nitriles is 1. The zero-order chi connectivity index (χ0) is 16.4. The fraction of sp³-hybridized carbons (Fsp3) is 0.133. The van der Waals surface area contributed by atoms with Crippen LogP contribution in [0.1, 0.15) is 22.8 Å². The van der Waals surface area contributed by atoms with Gasteiger partial charge in [-0.2, -0.15) is 15.0 Å². The molecule has 0 fully saturated rings. The summed E-state index contributed by atoms with van der Waals surface area (Å²) >= 11 is 0. The van der Waals surface area contributed by atoms with Gasteiger partial charge in [-0.05, 0) is 12.5 Å². The lowest BCUT2D eigenvalue weighted by Crippen LogP contribution is -2.26. The first-order valence-electron chi connectivity index (χ1n) is 6.81. The van der Waals surface area contributed by atoms with Crippen LogP contribution in [0.5, 0.6) is 0 Å². The van der Waals surface area contributed by atoms with Gasteiger partial charge in [0.25, 0.3) is 5.56 Å². The molecule has 8 nitrogen and oxygen atoms in total. The second-order valence-corrected chi connectivity index (χ2v) is 4.59. The van der Waals surface area contributed by atoms with Crippen LogP contribution in [-0.2, 0) is 4.74 Å². The van der Waals surface area contributed by atoms with Crippen LogP contribution < -0.4 is 5.56 Å². The molecule has 8 heteroatoms. The van der Waals surface area contributed by atoms with E-state index in [1.807, 2.05) is 6.07 Å². The average Bonchev–Trinajstić information content (AvgIpc) is 3.05. The number of carbonyl (C=O) groups excluding carboxylic acids is 1. The van der Waals surface area contributed by atoms with Crippen molar-refractivity contribution in [1.29, 1.82) is 5.26 Å². The molecule has 0 bridgehead atoms. The SMILES string of the molecule is CCOC(=O)c1c(-c2ccccc2)c(C#N)c2nn[nH]n2c1=O. The predicted octanol–water partition coefficient (Wildman–Crippen LogP) is 1.13. The molecule has 1 N–H and O–H groups in total. The summed E-state index contributed by atoms with van der Waals surface area (Å²) < 4.78 is 5.94. The van der Waals surface area contributed by atoms with E-state index in [4.69, 9.17) is 4.74 Å². The van der Waals surface area contributed by atoms with Gasteiger partial charge in [0, 0.05) is 5.56 Å². The zero-order valence-electron chi connectivity index (χ0n) is 12.1. The molecule has 0 spiro atoms. The number of benzene rings is 1. The van der Waals surface area contributed by atoms with Gasteiger partial charge in [-0.25, -0.2) is 4.79 Å². The lowest BCUT2D eigenvalue weighted by molar-refractivity contribution is 0.0525. The molecule has 0 saturated heterocycles. The molecular weight excluding hydrogens is 298 g/mol. The van der Waals surface area contributed by atoms with Gasteiger partial charge in [0.15, 0.2) is 5.65 Å². The van der Waals surface area contributed by atoms with E-state index >= 15 is 0 Å². The molecule has 3 aromatic rings. The number of H-pyrrole nitrogens is 1. The molecule has 2 aromatic heterocycles. The lowest BCUT2D eigenvalue weighted by atomic mass is 9.96. The Bertz CT molecular complexity index is 982. The number of ether oxygens (including phenoxy) is 1. The second kappa shape index (κ2) is 5.73. The highest BCUT2D eigenvalue weighted by atomic mass is 16.5. The van der Waals surface area contributed by atoms with Gasteiger partial charge in [0.2, 0.25) is 0 Å². The van der Waals surface area contributed by atoms with Crippen LogP contribution in [0.3, 0.4) is 0 Å². The Kier molecular flexibility index (Phi) is 3.60. The number of tetrazole rings is 1. The highest BCUT2D eigenvalue weighted by Gasteiger charge is 2.26. The van der Waals surface area contributed by atoms with Gasteiger partial charge < -0.3 is 4.74 Å². The van der Waals surface area contributed by atoms with Gasteiger partial charge in [-0.15, -0.1) is 5.10 Å². The van der Waals surface area contributed by atoms with Crippen LogP contribution in [0.2, 0.25) is 0 Å². The third kappa shape index (κ3) is 2.24. The van der Waals surface area contributed by atoms with E-state index in [9.17, 15) is 14.9 Å². The van der Waals surface area contributed by atoms with Crippen molar-refractivity contribution in [2.45, 2.75) is 6.92 Å². The number of carbonyl (C=O) groups is 1. The Labute approximate surface area is 129 Å². The highest BCUT2D eigenvalue weighted by Crippen LogP contribution is 2.27. The van der Waals surface area contributed by atoms with Gasteiger partial charge in [-0.1, -0.05) is 35.5 Å². The zero-order valence-corrected chi connectivity index (χ0v) is 12.1. The van der Waals surface area contributed by atoms with E-state index in [0.29, 0.717) is 5.56 Å². The summed E-state index contributed by atoms with van der Waals surface area (Å²) in [5.41, 5.74) is -0.00314. The minimum Gasteiger partial charge on any atom is -0.462 e. The fourth-order valence-corrected chi connectivity index (χ4v) is 2.36. The van der Waals surface area contributed by atoms with Gasteiger partial charge in [-0.3, -0.25) is 4.79 Å². The molecule has 2 heterocycles. The van der Waals surface area contributed by atoms with E-state index < -0.39 is 11.5 Å². The maximum Gasteiger partial charge on any atom is 0.344 e. The number of hydrogen-bond acceptors (Lipinski definition) is 6. The van der Waals surface area contributed by atoms with Crippen molar-refractivity contribution < 1.29 is 9.53 Å².